The average molecular weight is 311 g/mol. The van der Waals surface area contributed by atoms with Crippen LogP contribution in [0.4, 0.5) is 5.69 Å². The summed E-state index contributed by atoms with van der Waals surface area (Å²) in [7, 11) is -3.64. The van der Waals surface area contributed by atoms with Crippen LogP contribution in [0.15, 0.2) is 29.2 Å². The first-order valence-electron chi connectivity index (χ1n) is 7.14. The number of carbonyl (C=O) groups is 1. The number of hydrogen-bond donors (Lipinski definition) is 2. The smallest absolute Gasteiger partial charge is 0.243 e. The average Bonchev–Trinajstić information content (AvgIpc) is 2.48. The van der Waals surface area contributed by atoms with E-state index in [0.717, 1.165) is 12.2 Å². The summed E-state index contributed by atoms with van der Waals surface area (Å²) < 4.78 is 26.7. The molecule has 6 nitrogen and oxygen atoms in total. The van der Waals surface area contributed by atoms with Crippen LogP contribution in [0.5, 0.6) is 0 Å². The van der Waals surface area contributed by atoms with Gasteiger partial charge in [-0.2, -0.15) is 4.31 Å². The number of piperazine rings is 1. The summed E-state index contributed by atoms with van der Waals surface area (Å²) in [6.45, 7) is 5.22. The van der Waals surface area contributed by atoms with Crippen LogP contribution < -0.4 is 10.6 Å². The van der Waals surface area contributed by atoms with E-state index in [-0.39, 0.29) is 10.8 Å². The summed E-state index contributed by atoms with van der Waals surface area (Å²) in [5, 5.41) is 5.83. The molecule has 1 aliphatic rings. The maximum atomic E-state index is 12.7. The normalized spacial score (nSPS) is 20.1. The molecule has 1 fully saturated rings. The van der Waals surface area contributed by atoms with Crippen molar-refractivity contribution in [2.24, 2.45) is 0 Å². The predicted molar refractivity (Wildman–Crippen MR) is 81.6 cm³/mol. The first-order valence-corrected chi connectivity index (χ1v) is 8.58. The molecular weight excluding hydrogens is 290 g/mol. The number of benzene rings is 1. The van der Waals surface area contributed by atoms with Crippen molar-refractivity contribution in [1.82, 2.24) is 9.62 Å². The fraction of sp³-hybridized carbons (Fsp3) is 0.500. The van der Waals surface area contributed by atoms with Crippen LogP contribution in [0.3, 0.4) is 0 Å². The molecule has 0 aliphatic carbocycles. The third-order valence-corrected chi connectivity index (χ3v) is 5.43. The minimum absolute atomic E-state index is 0.220. The largest absolute Gasteiger partial charge is 0.385 e. The Kier molecular flexibility index (Phi) is 4.84. The van der Waals surface area contributed by atoms with Crippen molar-refractivity contribution in [3.63, 3.8) is 0 Å². The zero-order chi connectivity index (χ0) is 15.5. The van der Waals surface area contributed by atoms with Crippen LogP contribution in [-0.2, 0) is 14.8 Å². The molecule has 1 heterocycles. The highest BCUT2D eigenvalue weighted by Gasteiger charge is 2.37. The van der Waals surface area contributed by atoms with Crippen molar-refractivity contribution in [3.05, 3.63) is 24.3 Å². The first kappa shape index (κ1) is 15.8. The van der Waals surface area contributed by atoms with Gasteiger partial charge in [0, 0.05) is 25.3 Å². The minimum Gasteiger partial charge on any atom is -0.385 e. The minimum atomic E-state index is -3.64. The van der Waals surface area contributed by atoms with Crippen LogP contribution in [0.2, 0.25) is 0 Å². The van der Waals surface area contributed by atoms with E-state index in [2.05, 4.69) is 10.6 Å². The molecule has 1 aliphatic heterocycles. The summed E-state index contributed by atoms with van der Waals surface area (Å²) in [6.07, 6.45) is 0.459. The Morgan fingerprint density at radius 2 is 1.95 bits per heavy atom. The molecule has 0 spiro atoms. The van der Waals surface area contributed by atoms with E-state index in [1.807, 2.05) is 13.8 Å². The van der Waals surface area contributed by atoms with Gasteiger partial charge >= 0.3 is 0 Å². The second-order valence-electron chi connectivity index (χ2n) is 4.89. The number of carbonyl (C=O) groups excluding carboxylic acids is 1. The van der Waals surface area contributed by atoms with Gasteiger partial charge in [0.15, 0.2) is 0 Å². The predicted octanol–water partition coefficient (Wildman–Crippen LogP) is 1.02. The highest BCUT2D eigenvalue weighted by molar-refractivity contribution is 7.89. The van der Waals surface area contributed by atoms with E-state index >= 15 is 0 Å². The highest BCUT2D eigenvalue weighted by Crippen LogP contribution is 2.22. The molecule has 21 heavy (non-hydrogen) atoms. The molecule has 2 N–H and O–H groups in total. The van der Waals surface area contributed by atoms with Crippen molar-refractivity contribution >= 4 is 21.6 Å². The van der Waals surface area contributed by atoms with Gasteiger partial charge in [-0.1, -0.05) is 6.92 Å². The quantitative estimate of drug-likeness (QED) is 0.851. The Morgan fingerprint density at radius 3 is 2.52 bits per heavy atom. The summed E-state index contributed by atoms with van der Waals surface area (Å²) in [5.41, 5.74) is 0.875. The van der Waals surface area contributed by atoms with E-state index < -0.39 is 16.1 Å². The molecule has 2 rings (SSSR count). The molecule has 7 heteroatoms. The third kappa shape index (κ3) is 3.19. The summed E-state index contributed by atoms with van der Waals surface area (Å²) in [5.74, 6) is -0.225. The molecule has 116 valence electrons. The fourth-order valence-electron chi connectivity index (χ4n) is 2.45. The number of rotatable bonds is 5. The van der Waals surface area contributed by atoms with Crippen molar-refractivity contribution < 1.29 is 13.2 Å². The van der Waals surface area contributed by atoms with E-state index in [1.165, 1.54) is 4.31 Å². The Bertz CT molecular complexity index is 598. The zero-order valence-electron chi connectivity index (χ0n) is 12.3. The lowest BCUT2D eigenvalue weighted by Crippen LogP contribution is -2.56. The first-order chi connectivity index (χ1) is 10.0. The van der Waals surface area contributed by atoms with Gasteiger partial charge in [-0.15, -0.1) is 0 Å². The van der Waals surface area contributed by atoms with E-state index in [0.29, 0.717) is 19.5 Å². The Labute approximate surface area is 125 Å². The standard InChI is InChI=1S/C14H21N3O3S/c1-3-13-14(18)16-9-10-17(13)21(19,20)12-7-5-11(6-8-12)15-4-2/h5-8,13,15H,3-4,9-10H2,1-2H3,(H,16,18). The van der Waals surface area contributed by atoms with Gasteiger partial charge < -0.3 is 10.6 Å². The lowest BCUT2D eigenvalue weighted by Gasteiger charge is -2.33. The molecule has 0 bridgehead atoms. The van der Waals surface area contributed by atoms with E-state index in [9.17, 15) is 13.2 Å². The van der Waals surface area contributed by atoms with E-state index in [4.69, 9.17) is 0 Å². The topological polar surface area (TPSA) is 78.5 Å². The van der Waals surface area contributed by atoms with Crippen LogP contribution >= 0.6 is 0 Å². The lowest BCUT2D eigenvalue weighted by atomic mass is 10.2. The number of nitrogens with one attached hydrogen (secondary N) is 2. The molecule has 1 unspecified atom stereocenters. The number of nitrogens with zero attached hydrogens (tertiary/aromatic N) is 1. The summed E-state index contributed by atoms with van der Waals surface area (Å²) in [4.78, 5) is 12.0. The fourth-order valence-corrected chi connectivity index (χ4v) is 4.12. The van der Waals surface area contributed by atoms with Gasteiger partial charge in [-0.3, -0.25) is 4.79 Å². The summed E-state index contributed by atoms with van der Waals surface area (Å²) >= 11 is 0. The van der Waals surface area contributed by atoms with Gasteiger partial charge in [0.1, 0.15) is 6.04 Å². The molecular formula is C14H21N3O3S. The molecule has 1 aromatic rings. The van der Waals surface area contributed by atoms with Crippen molar-refractivity contribution in [2.45, 2.75) is 31.2 Å². The van der Waals surface area contributed by atoms with Crippen LogP contribution in [0.1, 0.15) is 20.3 Å². The van der Waals surface area contributed by atoms with Gasteiger partial charge in [-0.25, -0.2) is 8.42 Å². The van der Waals surface area contributed by atoms with Gasteiger partial charge in [-0.05, 0) is 37.6 Å². The molecule has 1 atom stereocenters. The van der Waals surface area contributed by atoms with Crippen LogP contribution in [-0.4, -0.2) is 44.3 Å². The molecule has 0 radical (unpaired) electrons. The number of anilines is 1. The number of sulfonamides is 1. The lowest BCUT2D eigenvalue weighted by molar-refractivity contribution is -0.126. The molecule has 1 aromatic carbocycles. The van der Waals surface area contributed by atoms with Crippen LogP contribution in [0.25, 0.3) is 0 Å². The maximum absolute atomic E-state index is 12.7. The zero-order valence-corrected chi connectivity index (χ0v) is 13.1. The Morgan fingerprint density at radius 1 is 1.29 bits per heavy atom. The second kappa shape index (κ2) is 6.44. The Balaban J connectivity index is 2.29. The van der Waals surface area contributed by atoms with Gasteiger partial charge in [0.25, 0.3) is 0 Å². The van der Waals surface area contributed by atoms with Crippen molar-refractivity contribution in [3.8, 4) is 0 Å². The maximum Gasteiger partial charge on any atom is 0.243 e. The van der Waals surface area contributed by atoms with Crippen molar-refractivity contribution in [1.29, 1.82) is 0 Å². The van der Waals surface area contributed by atoms with Gasteiger partial charge in [0.05, 0.1) is 4.90 Å². The third-order valence-electron chi connectivity index (χ3n) is 3.51. The van der Waals surface area contributed by atoms with Gasteiger partial charge in [0.2, 0.25) is 15.9 Å². The summed E-state index contributed by atoms with van der Waals surface area (Å²) in [6, 6.07) is 6.00. The number of hydrogen-bond acceptors (Lipinski definition) is 4. The number of amides is 1. The second-order valence-corrected chi connectivity index (χ2v) is 6.78. The SMILES string of the molecule is CCNc1ccc(S(=O)(=O)N2CCNC(=O)C2CC)cc1. The molecule has 0 aromatic heterocycles. The Hall–Kier alpha value is -1.60. The monoisotopic (exact) mass is 311 g/mol. The van der Waals surface area contributed by atoms with E-state index in [1.54, 1.807) is 24.3 Å². The highest BCUT2D eigenvalue weighted by atomic mass is 32.2. The van der Waals surface area contributed by atoms with Crippen molar-refractivity contribution in [2.75, 3.05) is 25.0 Å². The molecule has 1 saturated heterocycles. The molecule has 0 saturated carbocycles. The molecule has 1 amide bonds. The van der Waals surface area contributed by atoms with Crippen LogP contribution in [0, 0.1) is 0 Å².